The average Bonchev–Trinajstić information content (AvgIpc) is 2.86. The van der Waals surface area contributed by atoms with E-state index in [1.165, 1.54) is 31.7 Å². The molecule has 1 fully saturated rings. The third-order valence-electron chi connectivity index (χ3n) is 3.65. The second-order valence-corrected chi connectivity index (χ2v) is 5.41. The zero-order valence-electron chi connectivity index (χ0n) is 10.8. The fourth-order valence-electron chi connectivity index (χ4n) is 2.62. The van der Waals surface area contributed by atoms with E-state index in [9.17, 15) is 8.78 Å². The maximum Gasteiger partial charge on any atom is 0.387 e. The van der Waals surface area contributed by atoms with Gasteiger partial charge >= 0.3 is 6.61 Å². The van der Waals surface area contributed by atoms with Crippen LogP contribution in [-0.4, -0.2) is 12.7 Å². The molecule has 0 heterocycles. The minimum atomic E-state index is -2.85. The molecule has 1 aliphatic rings. The first-order chi connectivity index (χ1) is 9.06. The van der Waals surface area contributed by atoms with Crippen molar-refractivity contribution in [2.24, 2.45) is 5.92 Å². The van der Waals surface area contributed by atoms with E-state index in [1.54, 1.807) is 12.1 Å². The molecule has 0 amide bonds. The molecule has 0 bridgehead atoms. The second-order valence-electron chi connectivity index (χ2n) is 5.00. The minimum Gasteiger partial charge on any atom is -0.433 e. The Morgan fingerprint density at radius 2 is 2.00 bits per heavy atom. The predicted molar refractivity (Wildman–Crippen MR) is 73.1 cm³/mol. The summed E-state index contributed by atoms with van der Waals surface area (Å²) in [6, 6.07) is 5.18. The van der Waals surface area contributed by atoms with Crippen LogP contribution in [0.25, 0.3) is 0 Å². The zero-order chi connectivity index (χ0) is 13.8. The topological polar surface area (TPSA) is 21.3 Å². The molecule has 0 aromatic heterocycles. The van der Waals surface area contributed by atoms with Crippen molar-refractivity contribution in [3.8, 4) is 5.75 Å². The van der Waals surface area contributed by atoms with E-state index in [0.717, 1.165) is 5.69 Å². The van der Waals surface area contributed by atoms with Crippen molar-refractivity contribution in [1.29, 1.82) is 0 Å². The van der Waals surface area contributed by atoms with Crippen LogP contribution in [0.15, 0.2) is 18.2 Å². The van der Waals surface area contributed by atoms with Gasteiger partial charge in [-0.3, -0.25) is 0 Å². The van der Waals surface area contributed by atoms with Gasteiger partial charge in [0.15, 0.2) is 0 Å². The molecule has 1 saturated carbocycles. The summed E-state index contributed by atoms with van der Waals surface area (Å²) in [5.41, 5.74) is 0.839. The quantitative estimate of drug-likeness (QED) is 0.829. The Balaban J connectivity index is 1.99. The summed E-state index contributed by atoms with van der Waals surface area (Å²) in [5.74, 6) is 0.687. The van der Waals surface area contributed by atoms with Gasteiger partial charge in [-0.15, -0.1) is 0 Å². The second kappa shape index (κ2) is 6.42. The van der Waals surface area contributed by atoms with Gasteiger partial charge in [0.2, 0.25) is 0 Å². The molecule has 1 atom stereocenters. The summed E-state index contributed by atoms with van der Waals surface area (Å²) in [7, 11) is 0. The molecule has 0 aliphatic heterocycles. The van der Waals surface area contributed by atoms with E-state index in [2.05, 4.69) is 17.0 Å². The molecule has 5 heteroatoms. The van der Waals surface area contributed by atoms with Gasteiger partial charge in [-0.05, 0) is 43.9 Å². The maximum atomic E-state index is 12.1. The molecule has 1 aliphatic carbocycles. The number of anilines is 1. The highest BCUT2D eigenvalue weighted by molar-refractivity contribution is 6.32. The van der Waals surface area contributed by atoms with Gasteiger partial charge in [0.25, 0.3) is 0 Å². The van der Waals surface area contributed by atoms with Crippen LogP contribution in [0.2, 0.25) is 5.02 Å². The monoisotopic (exact) mass is 289 g/mol. The summed E-state index contributed by atoms with van der Waals surface area (Å²) in [6.07, 6.45) is 5.07. The van der Waals surface area contributed by atoms with E-state index < -0.39 is 6.61 Å². The third-order valence-corrected chi connectivity index (χ3v) is 3.94. The summed E-state index contributed by atoms with van der Waals surface area (Å²) in [4.78, 5) is 0. The highest BCUT2D eigenvalue weighted by Crippen LogP contribution is 2.32. The van der Waals surface area contributed by atoms with Crippen molar-refractivity contribution >= 4 is 17.3 Å². The van der Waals surface area contributed by atoms with E-state index in [1.807, 2.05) is 0 Å². The van der Waals surface area contributed by atoms with Crippen molar-refractivity contribution in [3.63, 3.8) is 0 Å². The van der Waals surface area contributed by atoms with E-state index in [0.29, 0.717) is 12.0 Å². The SMILES string of the molecule is CC(Nc1ccc(OC(F)F)c(Cl)c1)C1CCCC1. The number of hydrogen-bond donors (Lipinski definition) is 1. The predicted octanol–water partition coefficient (Wildman–Crippen LogP) is 4.93. The van der Waals surface area contributed by atoms with E-state index >= 15 is 0 Å². The lowest BCUT2D eigenvalue weighted by molar-refractivity contribution is -0.0497. The molecule has 0 spiro atoms. The number of rotatable bonds is 5. The molecule has 19 heavy (non-hydrogen) atoms. The zero-order valence-corrected chi connectivity index (χ0v) is 11.6. The van der Waals surface area contributed by atoms with Crippen molar-refractivity contribution in [3.05, 3.63) is 23.2 Å². The lowest BCUT2D eigenvalue weighted by Gasteiger charge is -2.22. The summed E-state index contributed by atoms with van der Waals surface area (Å²) in [5, 5.41) is 3.58. The maximum absolute atomic E-state index is 12.1. The van der Waals surface area contributed by atoms with Crippen LogP contribution in [0, 0.1) is 5.92 Å². The summed E-state index contributed by atoms with van der Waals surface area (Å²) >= 11 is 5.92. The molecule has 0 saturated heterocycles. The number of nitrogens with one attached hydrogen (secondary N) is 1. The van der Waals surface area contributed by atoms with Gasteiger partial charge < -0.3 is 10.1 Å². The van der Waals surface area contributed by atoms with Gasteiger partial charge in [-0.2, -0.15) is 8.78 Å². The molecule has 1 unspecified atom stereocenters. The van der Waals surface area contributed by atoms with Crippen LogP contribution < -0.4 is 10.1 Å². The smallest absolute Gasteiger partial charge is 0.387 e. The van der Waals surface area contributed by atoms with Crippen molar-refractivity contribution < 1.29 is 13.5 Å². The third kappa shape index (κ3) is 3.96. The van der Waals surface area contributed by atoms with E-state index in [-0.39, 0.29) is 10.8 Å². The van der Waals surface area contributed by atoms with Gasteiger partial charge in [-0.25, -0.2) is 0 Å². The van der Waals surface area contributed by atoms with Gasteiger partial charge in [-0.1, -0.05) is 24.4 Å². The molecule has 2 rings (SSSR count). The van der Waals surface area contributed by atoms with Gasteiger partial charge in [0, 0.05) is 11.7 Å². The number of alkyl halides is 2. The largest absolute Gasteiger partial charge is 0.433 e. The molecular weight excluding hydrogens is 272 g/mol. The Hall–Kier alpha value is -1.03. The molecule has 1 aromatic carbocycles. The average molecular weight is 290 g/mol. The molecule has 1 aromatic rings. The van der Waals surface area contributed by atoms with Crippen LogP contribution >= 0.6 is 11.6 Å². The summed E-state index contributed by atoms with van der Waals surface area (Å²) in [6.45, 7) is -0.707. The molecule has 106 valence electrons. The lowest BCUT2D eigenvalue weighted by atomic mass is 9.99. The molecular formula is C14H18ClF2NO. The first-order valence-corrected chi connectivity index (χ1v) is 6.95. The van der Waals surface area contributed by atoms with E-state index in [4.69, 9.17) is 11.6 Å². The number of halogens is 3. The first-order valence-electron chi connectivity index (χ1n) is 6.57. The van der Waals surface area contributed by atoms with Crippen molar-refractivity contribution in [2.75, 3.05) is 5.32 Å². The first kappa shape index (κ1) is 14.4. The Morgan fingerprint density at radius 3 is 2.58 bits per heavy atom. The van der Waals surface area contributed by atoms with Crippen LogP contribution in [0.4, 0.5) is 14.5 Å². The van der Waals surface area contributed by atoms with Crippen LogP contribution in [0.5, 0.6) is 5.75 Å². The standard InChI is InChI=1S/C14H18ClF2NO/c1-9(10-4-2-3-5-10)18-11-6-7-13(12(15)8-11)19-14(16)17/h6-10,14,18H,2-5H2,1H3. The molecule has 2 nitrogen and oxygen atoms in total. The Kier molecular flexibility index (Phi) is 4.86. The van der Waals surface area contributed by atoms with Crippen LogP contribution in [0.1, 0.15) is 32.6 Å². The number of ether oxygens (including phenoxy) is 1. The highest BCUT2D eigenvalue weighted by atomic mass is 35.5. The fraction of sp³-hybridized carbons (Fsp3) is 0.571. The Labute approximate surface area is 117 Å². The number of hydrogen-bond acceptors (Lipinski definition) is 2. The van der Waals surface area contributed by atoms with Crippen molar-refractivity contribution in [2.45, 2.75) is 45.3 Å². The highest BCUT2D eigenvalue weighted by Gasteiger charge is 2.21. The van der Waals surface area contributed by atoms with Crippen LogP contribution in [-0.2, 0) is 0 Å². The van der Waals surface area contributed by atoms with Gasteiger partial charge in [0.05, 0.1) is 5.02 Å². The summed E-state index contributed by atoms with van der Waals surface area (Å²) < 4.78 is 28.5. The molecule has 0 radical (unpaired) electrons. The fourth-order valence-corrected chi connectivity index (χ4v) is 2.85. The Morgan fingerprint density at radius 1 is 1.32 bits per heavy atom. The molecule has 1 N–H and O–H groups in total. The number of benzene rings is 1. The Bertz CT molecular complexity index is 422. The van der Waals surface area contributed by atoms with Crippen molar-refractivity contribution in [1.82, 2.24) is 0 Å². The van der Waals surface area contributed by atoms with Gasteiger partial charge in [0.1, 0.15) is 5.75 Å². The lowest BCUT2D eigenvalue weighted by Crippen LogP contribution is -2.23. The minimum absolute atomic E-state index is 0.00994. The normalized spacial score (nSPS) is 17.7. The van der Waals surface area contributed by atoms with Crippen LogP contribution in [0.3, 0.4) is 0 Å².